The minimum absolute atomic E-state index is 0.0499. The van der Waals surface area contributed by atoms with Gasteiger partial charge in [0, 0.05) is 24.7 Å². The topological polar surface area (TPSA) is 42.7 Å². The first-order chi connectivity index (χ1) is 12.3. The van der Waals surface area contributed by atoms with E-state index in [1.807, 2.05) is 47.4 Å². The molecule has 0 radical (unpaired) electrons. The number of nitrogens with zero attached hydrogens (tertiary/aromatic N) is 1. The van der Waals surface area contributed by atoms with Crippen molar-refractivity contribution in [2.45, 2.75) is 0 Å². The number of fused-ring (bicyclic) bond motifs is 1. The lowest BCUT2D eigenvalue weighted by molar-refractivity contribution is 0.121. The summed E-state index contributed by atoms with van der Waals surface area (Å²) >= 11 is 0. The Morgan fingerprint density at radius 3 is 2.52 bits per heavy atom. The van der Waals surface area contributed by atoms with E-state index in [9.17, 15) is 4.79 Å². The summed E-state index contributed by atoms with van der Waals surface area (Å²) < 4.78 is 11.4. The summed E-state index contributed by atoms with van der Waals surface area (Å²) in [5, 5.41) is 0.553. The second-order valence-corrected chi connectivity index (χ2v) is 5.85. The predicted octanol–water partition coefficient (Wildman–Crippen LogP) is 3.03. The van der Waals surface area contributed by atoms with Crippen LogP contribution in [0.1, 0.15) is 11.1 Å². The molecule has 4 rings (SSSR count). The summed E-state index contributed by atoms with van der Waals surface area (Å²) in [6.45, 7) is 2.70. The van der Waals surface area contributed by atoms with Crippen molar-refractivity contribution in [1.29, 1.82) is 0 Å². The summed E-state index contributed by atoms with van der Waals surface area (Å²) in [7, 11) is 0. The number of para-hydroxylation sites is 1. The van der Waals surface area contributed by atoms with Crippen LogP contribution < -0.4 is 10.3 Å². The molecule has 25 heavy (non-hydrogen) atoms. The maximum Gasteiger partial charge on any atom is 0.200 e. The van der Waals surface area contributed by atoms with Gasteiger partial charge in [0.05, 0.1) is 24.2 Å². The number of hydrogen-bond acceptors (Lipinski definition) is 4. The van der Waals surface area contributed by atoms with Gasteiger partial charge in [0.1, 0.15) is 0 Å². The zero-order valence-corrected chi connectivity index (χ0v) is 13.7. The Kier molecular flexibility index (Phi) is 4.24. The van der Waals surface area contributed by atoms with Crippen LogP contribution in [0.3, 0.4) is 0 Å². The molecule has 4 nitrogen and oxygen atoms in total. The number of benzene rings is 2. The third-order valence-corrected chi connectivity index (χ3v) is 4.18. The van der Waals surface area contributed by atoms with E-state index in [0.717, 1.165) is 5.56 Å². The van der Waals surface area contributed by atoms with E-state index in [1.54, 1.807) is 12.1 Å². The standard InChI is InChI=1S/C21H17NO3/c23-19-15-20(22-11-13-24-14-12-22)25-21-17(7-4-8-18(19)21)10-9-16-5-2-1-3-6-16/h1-8,15H,11-14H2. The van der Waals surface area contributed by atoms with Crippen LogP contribution in [-0.2, 0) is 4.74 Å². The predicted molar refractivity (Wildman–Crippen MR) is 97.9 cm³/mol. The van der Waals surface area contributed by atoms with E-state index >= 15 is 0 Å². The molecule has 0 aliphatic carbocycles. The average molecular weight is 331 g/mol. The summed E-state index contributed by atoms with van der Waals surface area (Å²) in [5.74, 6) is 6.84. The summed E-state index contributed by atoms with van der Waals surface area (Å²) in [6, 6.07) is 16.8. The quantitative estimate of drug-likeness (QED) is 0.643. The second kappa shape index (κ2) is 6.84. The fourth-order valence-corrected chi connectivity index (χ4v) is 2.86. The maximum absolute atomic E-state index is 12.5. The molecule has 124 valence electrons. The Morgan fingerprint density at radius 2 is 1.72 bits per heavy atom. The fourth-order valence-electron chi connectivity index (χ4n) is 2.86. The number of anilines is 1. The van der Waals surface area contributed by atoms with Gasteiger partial charge in [0.15, 0.2) is 16.9 Å². The summed E-state index contributed by atoms with van der Waals surface area (Å²) in [4.78, 5) is 14.5. The molecule has 0 atom stereocenters. The second-order valence-electron chi connectivity index (χ2n) is 5.85. The summed E-state index contributed by atoms with van der Waals surface area (Å²) in [5.41, 5.74) is 2.13. The van der Waals surface area contributed by atoms with Gasteiger partial charge in [0.2, 0.25) is 0 Å². The average Bonchev–Trinajstić information content (AvgIpc) is 2.68. The molecule has 0 saturated carbocycles. The van der Waals surface area contributed by atoms with E-state index in [0.29, 0.717) is 48.7 Å². The van der Waals surface area contributed by atoms with Crippen LogP contribution in [-0.4, -0.2) is 26.3 Å². The van der Waals surface area contributed by atoms with Gasteiger partial charge in [-0.2, -0.15) is 0 Å². The first-order valence-electron chi connectivity index (χ1n) is 8.28. The van der Waals surface area contributed by atoms with Crippen LogP contribution >= 0.6 is 0 Å². The van der Waals surface area contributed by atoms with Gasteiger partial charge < -0.3 is 14.1 Å². The molecule has 1 fully saturated rings. The van der Waals surface area contributed by atoms with E-state index < -0.39 is 0 Å². The van der Waals surface area contributed by atoms with Crippen molar-refractivity contribution >= 4 is 16.9 Å². The van der Waals surface area contributed by atoms with Crippen molar-refractivity contribution < 1.29 is 9.15 Å². The van der Waals surface area contributed by atoms with Gasteiger partial charge in [-0.15, -0.1) is 0 Å². The van der Waals surface area contributed by atoms with Crippen LogP contribution in [0.15, 0.2) is 63.8 Å². The van der Waals surface area contributed by atoms with Gasteiger partial charge >= 0.3 is 0 Å². The molecule has 3 aromatic rings. The molecular weight excluding hydrogens is 314 g/mol. The Morgan fingerprint density at radius 1 is 0.920 bits per heavy atom. The van der Waals surface area contributed by atoms with Gasteiger partial charge in [-0.25, -0.2) is 0 Å². The van der Waals surface area contributed by atoms with Gasteiger partial charge in [-0.3, -0.25) is 4.79 Å². The normalized spacial score (nSPS) is 14.2. The molecule has 2 heterocycles. The lowest BCUT2D eigenvalue weighted by atomic mass is 10.1. The van der Waals surface area contributed by atoms with Crippen molar-refractivity contribution in [3.05, 3.63) is 75.9 Å². The highest BCUT2D eigenvalue weighted by atomic mass is 16.5. The minimum atomic E-state index is -0.0499. The van der Waals surface area contributed by atoms with Gasteiger partial charge in [0.25, 0.3) is 0 Å². The Labute approximate surface area is 145 Å². The van der Waals surface area contributed by atoms with Crippen molar-refractivity contribution in [3.63, 3.8) is 0 Å². The Bertz CT molecular complexity index is 1010. The number of morpholine rings is 1. The number of rotatable bonds is 1. The highest BCUT2D eigenvalue weighted by Crippen LogP contribution is 2.22. The molecule has 4 heteroatoms. The number of hydrogen-bond donors (Lipinski definition) is 0. The van der Waals surface area contributed by atoms with Crippen molar-refractivity contribution in [3.8, 4) is 11.8 Å². The molecule has 0 N–H and O–H groups in total. The van der Waals surface area contributed by atoms with Crippen molar-refractivity contribution in [2.24, 2.45) is 0 Å². The van der Waals surface area contributed by atoms with Gasteiger partial charge in [-0.1, -0.05) is 36.1 Å². The Balaban J connectivity index is 1.81. The molecule has 1 aliphatic rings. The molecular formula is C21H17NO3. The first-order valence-corrected chi connectivity index (χ1v) is 8.28. The van der Waals surface area contributed by atoms with E-state index in [1.165, 1.54) is 0 Å². The van der Waals surface area contributed by atoms with Crippen LogP contribution in [0.25, 0.3) is 11.0 Å². The van der Waals surface area contributed by atoms with E-state index in [2.05, 4.69) is 11.8 Å². The fraction of sp³-hybridized carbons (Fsp3) is 0.190. The number of ether oxygens (including phenoxy) is 1. The third-order valence-electron chi connectivity index (χ3n) is 4.18. The zero-order chi connectivity index (χ0) is 17.1. The van der Waals surface area contributed by atoms with E-state index in [4.69, 9.17) is 9.15 Å². The Hall–Kier alpha value is -3.03. The minimum Gasteiger partial charge on any atom is -0.439 e. The SMILES string of the molecule is O=c1cc(N2CCOCC2)oc2c(C#Cc3ccccc3)cccc12. The van der Waals surface area contributed by atoms with Crippen LogP contribution in [0.5, 0.6) is 0 Å². The third kappa shape index (κ3) is 3.28. The molecule has 0 unspecified atom stereocenters. The van der Waals surface area contributed by atoms with Crippen molar-refractivity contribution in [2.75, 3.05) is 31.2 Å². The molecule has 1 aromatic heterocycles. The molecule has 0 amide bonds. The lowest BCUT2D eigenvalue weighted by Crippen LogP contribution is -2.36. The molecule has 2 aromatic carbocycles. The maximum atomic E-state index is 12.5. The van der Waals surface area contributed by atoms with Crippen LogP contribution in [0.2, 0.25) is 0 Å². The van der Waals surface area contributed by atoms with Crippen LogP contribution in [0.4, 0.5) is 5.88 Å². The highest BCUT2D eigenvalue weighted by Gasteiger charge is 2.16. The first kappa shape index (κ1) is 15.5. The van der Waals surface area contributed by atoms with Crippen molar-refractivity contribution in [1.82, 2.24) is 0 Å². The van der Waals surface area contributed by atoms with E-state index in [-0.39, 0.29) is 5.43 Å². The molecule has 1 saturated heterocycles. The molecule has 0 bridgehead atoms. The lowest BCUT2D eigenvalue weighted by Gasteiger charge is -2.27. The highest BCUT2D eigenvalue weighted by molar-refractivity contribution is 5.83. The molecule has 0 spiro atoms. The van der Waals surface area contributed by atoms with Gasteiger partial charge in [-0.05, 0) is 24.3 Å². The summed E-state index contributed by atoms with van der Waals surface area (Å²) in [6.07, 6.45) is 0. The monoisotopic (exact) mass is 331 g/mol. The zero-order valence-electron chi connectivity index (χ0n) is 13.7. The largest absolute Gasteiger partial charge is 0.439 e. The van der Waals surface area contributed by atoms with Crippen LogP contribution in [0, 0.1) is 11.8 Å². The molecule has 1 aliphatic heterocycles. The smallest absolute Gasteiger partial charge is 0.200 e.